The minimum Gasteiger partial charge on any atom is -0.256 e. The number of hydrogen-bond donors (Lipinski definition) is 0. The molecule has 4 nitrogen and oxygen atoms in total. The summed E-state index contributed by atoms with van der Waals surface area (Å²) in [4.78, 5) is 4.87. The summed E-state index contributed by atoms with van der Waals surface area (Å²) in [7, 11) is 0. The van der Waals surface area contributed by atoms with Gasteiger partial charge >= 0.3 is 0 Å². The fraction of sp³-hybridized carbons (Fsp3) is 0. The number of pyridine rings is 1. The standard InChI is InChI=1S/C44H28N4S/c1-4-15-29(16-5-1)32-26-27-38-42(34-21-10-11-25-37(34)49-38)40(32)35-23-14-22-33(36-24-12-13-28-45-36)41(35)44-39(30-17-6-2-7-18-30)43(46-48-47-44)31-19-8-3-9-20-31/h1-28H. The summed E-state index contributed by atoms with van der Waals surface area (Å²) < 4.78 is 2.49. The van der Waals surface area contributed by atoms with Crippen molar-refractivity contribution in [1.29, 1.82) is 0 Å². The van der Waals surface area contributed by atoms with Gasteiger partial charge in [0.15, 0.2) is 0 Å². The van der Waals surface area contributed by atoms with Crippen LogP contribution in [0.5, 0.6) is 0 Å². The summed E-state index contributed by atoms with van der Waals surface area (Å²) in [5.41, 5.74) is 11.8. The highest BCUT2D eigenvalue weighted by Crippen LogP contribution is 2.50. The van der Waals surface area contributed by atoms with Gasteiger partial charge in [-0.1, -0.05) is 140 Å². The molecule has 0 atom stereocenters. The Kier molecular flexibility index (Phi) is 7.30. The van der Waals surface area contributed by atoms with Gasteiger partial charge in [0.05, 0.1) is 5.69 Å². The summed E-state index contributed by atoms with van der Waals surface area (Å²) in [5.74, 6) is 0. The van der Waals surface area contributed by atoms with Crippen molar-refractivity contribution in [3.8, 4) is 67.2 Å². The smallest absolute Gasteiger partial charge is 0.106 e. The number of rotatable bonds is 6. The second kappa shape index (κ2) is 12.4. The Hall–Kier alpha value is -6.30. The summed E-state index contributed by atoms with van der Waals surface area (Å²) in [6.45, 7) is 0. The van der Waals surface area contributed by atoms with Crippen molar-refractivity contribution in [2.75, 3.05) is 0 Å². The first kappa shape index (κ1) is 28.9. The average molecular weight is 645 g/mol. The molecule has 0 bridgehead atoms. The summed E-state index contributed by atoms with van der Waals surface area (Å²) in [5, 5.41) is 16.5. The lowest BCUT2D eigenvalue weighted by atomic mass is 9.83. The number of aromatic nitrogens is 4. The minimum atomic E-state index is 0.756. The lowest BCUT2D eigenvalue weighted by Crippen LogP contribution is -2.03. The van der Waals surface area contributed by atoms with Crippen LogP contribution in [0.15, 0.2) is 170 Å². The van der Waals surface area contributed by atoms with Crippen LogP contribution in [0.4, 0.5) is 0 Å². The minimum absolute atomic E-state index is 0.756. The van der Waals surface area contributed by atoms with Gasteiger partial charge in [-0.25, -0.2) is 0 Å². The van der Waals surface area contributed by atoms with Crippen LogP contribution in [-0.2, 0) is 0 Å². The second-order valence-electron chi connectivity index (χ2n) is 11.9. The molecule has 0 spiro atoms. The quantitative estimate of drug-likeness (QED) is 0.181. The Bertz CT molecular complexity index is 2580. The van der Waals surface area contributed by atoms with Crippen molar-refractivity contribution in [3.05, 3.63) is 170 Å². The van der Waals surface area contributed by atoms with Gasteiger partial charge in [0.2, 0.25) is 0 Å². The van der Waals surface area contributed by atoms with Crippen LogP contribution in [0.2, 0.25) is 0 Å². The van der Waals surface area contributed by atoms with Gasteiger partial charge in [-0.2, -0.15) is 0 Å². The molecule has 0 amide bonds. The Labute approximate surface area is 288 Å². The Morgan fingerprint density at radius 1 is 0.388 bits per heavy atom. The number of fused-ring (bicyclic) bond motifs is 3. The highest BCUT2D eigenvalue weighted by molar-refractivity contribution is 7.26. The van der Waals surface area contributed by atoms with Gasteiger partial charge in [0, 0.05) is 48.6 Å². The summed E-state index contributed by atoms with van der Waals surface area (Å²) >= 11 is 1.83. The molecule has 0 aliphatic heterocycles. The first-order valence-corrected chi connectivity index (χ1v) is 17.1. The van der Waals surface area contributed by atoms with E-state index in [1.807, 2.05) is 53.9 Å². The molecule has 0 saturated heterocycles. The lowest BCUT2D eigenvalue weighted by molar-refractivity contribution is 0.879. The van der Waals surface area contributed by atoms with E-state index < -0.39 is 0 Å². The zero-order chi connectivity index (χ0) is 32.6. The van der Waals surface area contributed by atoms with Crippen LogP contribution in [0.3, 0.4) is 0 Å². The Morgan fingerprint density at radius 3 is 1.80 bits per heavy atom. The van der Waals surface area contributed by atoms with E-state index in [-0.39, 0.29) is 0 Å². The highest BCUT2D eigenvalue weighted by atomic mass is 32.1. The van der Waals surface area contributed by atoms with E-state index in [0.717, 1.165) is 67.2 Å². The second-order valence-corrected chi connectivity index (χ2v) is 12.9. The molecule has 0 aliphatic rings. The van der Waals surface area contributed by atoms with Crippen molar-refractivity contribution in [3.63, 3.8) is 0 Å². The molecule has 0 unspecified atom stereocenters. The molecule has 230 valence electrons. The maximum atomic E-state index is 4.93. The van der Waals surface area contributed by atoms with Crippen molar-refractivity contribution in [2.45, 2.75) is 0 Å². The first-order valence-electron chi connectivity index (χ1n) is 16.2. The largest absolute Gasteiger partial charge is 0.256 e. The fourth-order valence-corrected chi connectivity index (χ4v) is 8.00. The molecule has 9 rings (SSSR count). The molecular weight excluding hydrogens is 617 g/mol. The molecule has 6 aromatic carbocycles. The SMILES string of the molecule is c1ccc(-c2ccc3sc4ccccc4c3c2-c2cccc(-c3ccccn3)c2-c2nnnc(-c3ccccc3)c2-c2ccccc2)cc1. The van der Waals surface area contributed by atoms with Crippen LogP contribution in [0.1, 0.15) is 0 Å². The molecule has 0 N–H and O–H groups in total. The predicted molar refractivity (Wildman–Crippen MR) is 203 cm³/mol. The maximum absolute atomic E-state index is 4.93. The third kappa shape index (κ3) is 5.08. The molecule has 3 heterocycles. The van der Waals surface area contributed by atoms with Gasteiger partial charge in [0.1, 0.15) is 11.4 Å². The highest BCUT2D eigenvalue weighted by Gasteiger charge is 2.26. The molecule has 5 heteroatoms. The fourth-order valence-electron chi connectivity index (χ4n) is 6.88. The summed E-state index contributed by atoms with van der Waals surface area (Å²) in [6.07, 6.45) is 1.85. The summed E-state index contributed by atoms with van der Waals surface area (Å²) in [6, 6.07) is 57.1. The van der Waals surface area contributed by atoms with Gasteiger partial charge in [-0.3, -0.25) is 4.98 Å². The van der Waals surface area contributed by atoms with Gasteiger partial charge in [0.25, 0.3) is 0 Å². The monoisotopic (exact) mass is 644 g/mol. The molecule has 9 aromatic rings. The van der Waals surface area contributed by atoms with E-state index >= 15 is 0 Å². The molecule has 0 saturated carbocycles. The molecule has 0 radical (unpaired) electrons. The van der Waals surface area contributed by atoms with E-state index in [1.165, 1.54) is 20.2 Å². The van der Waals surface area contributed by atoms with Gasteiger partial charge < -0.3 is 0 Å². The first-order chi connectivity index (χ1) is 24.3. The zero-order valence-corrected chi connectivity index (χ0v) is 27.2. The third-order valence-electron chi connectivity index (χ3n) is 9.01. The molecular formula is C44H28N4S. The number of nitrogens with zero attached hydrogens (tertiary/aromatic N) is 4. The molecule has 0 fully saturated rings. The average Bonchev–Trinajstić information content (AvgIpc) is 3.57. The van der Waals surface area contributed by atoms with E-state index in [2.05, 4.69) is 138 Å². The Balaban J connectivity index is 1.47. The molecule has 3 aromatic heterocycles. The van der Waals surface area contributed by atoms with Crippen LogP contribution in [0.25, 0.3) is 87.3 Å². The molecule has 49 heavy (non-hydrogen) atoms. The number of thiophene rings is 1. The van der Waals surface area contributed by atoms with Crippen LogP contribution in [-0.4, -0.2) is 20.4 Å². The van der Waals surface area contributed by atoms with E-state index in [9.17, 15) is 0 Å². The third-order valence-corrected chi connectivity index (χ3v) is 10.1. The number of hydrogen-bond acceptors (Lipinski definition) is 5. The van der Waals surface area contributed by atoms with E-state index in [0.29, 0.717) is 0 Å². The zero-order valence-electron chi connectivity index (χ0n) is 26.4. The van der Waals surface area contributed by atoms with E-state index in [4.69, 9.17) is 10.1 Å². The van der Waals surface area contributed by atoms with E-state index in [1.54, 1.807) is 0 Å². The predicted octanol–water partition coefficient (Wildman–Crippen LogP) is 11.6. The van der Waals surface area contributed by atoms with Crippen LogP contribution < -0.4 is 0 Å². The van der Waals surface area contributed by atoms with Gasteiger partial charge in [-0.15, -0.1) is 21.5 Å². The normalized spacial score (nSPS) is 11.3. The van der Waals surface area contributed by atoms with Crippen molar-refractivity contribution >= 4 is 31.5 Å². The van der Waals surface area contributed by atoms with Crippen LogP contribution in [0, 0.1) is 0 Å². The van der Waals surface area contributed by atoms with Crippen LogP contribution >= 0.6 is 11.3 Å². The van der Waals surface area contributed by atoms with Crippen molar-refractivity contribution in [2.24, 2.45) is 0 Å². The van der Waals surface area contributed by atoms with Crippen molar-refractivity contribution in [1.82, 2.24) is 20.4 Å². The van der Waals surface area contributed by atoms with Crippen molar-refractivity contribution < 1.29 is 0 Å². The molecule has 0 aliphatic carbocycles. The topological polar surface area (TPSA) is 51.6 Å². The maximum Gasteiger partial charge on any atom is 0.106 e. The van der Waals surface area contributed by atoms with Gasteiger partial charge in [-0.05, 0) is 57.3 Å². The lowest BCUT2D eigenvalue weighted by Gasteiger charge is -2.21. The number of benzene rings is 6. The Morgan fingerprint density at radius 2 is 1.04 bits per heavy atom.